The third-order valence-corrected chi connectivity index (χ3v) is 0. The van der Waals surface area contributed by atoms with Crippen molar-refractivity contribution in [3.63, 3.8) is 0 Å². The van der Waals surface area contributed by atoms with E-state index in [1.54, 1.807) is 0 Å². The van der Waals surface area contributed by atoms with Crippen LogP contribution in [0.4, 0.5) is 0 Å². The topological polar surface area (TPSA) is 70.1 Å². The molecule has 0 unspecified atom stereocenters. The first-order chi connectivity index (χ1) is 2.00. The van der Waals surface area contributed by atoms with E-state index in [-0.39, 0.29) is 0 Å². The molecule has 0 radical (unpaired) electrons. The van der Waals surface area contributed by atoms with Crippen LogP contribution in [0, 0.1) is 4.10 Å². The molecule has 0 amide bonds. The van der Waals surface area contributed by atoms with Crippen molar-refractivity contribution < 1.29 is 23.3 Å². The average Bonchev–Trinajstić information content (AvgIpc) is 1.50. The van der Waals surface area contributed by atoms with Gasteiger partial charge in [0.05, 0.1) is 0 Å². The molecule has 0 bridgehead atoms. The molecule has 0 atom stereocenters. The van der Waals surface area contributed by atoms with Crippen LogP contribution in [-0.2, 0) is 18.1 Å². The Hall–Kier alpha value is 0.343. The van der Waals surface area contributed by atoms with E-state index in [1.165, 1.54) is 0 Å². The van der Waals surface area contributed by atoms with Crippen LogP contribution in [0.25, 0.3) is 0 Å². The second-order valence-electron chi connectivity index (χ2n) is 0. The third kappa shape index (κ3) is 35.9. The van der Waals surface area contributed by atoms with E-state index in [9.17, 15) is 0 Å². The Morgan fingerprint density at radius 2 is 1.50 bits per heavy atom. The van der Waals surface area contributed by atoms with Crippen molar-refractivity contribution in [1.29, 1.82) is 4.10 Å². The van der Waals surface area contributed by atoms with Crippen LogP contribution in [0.3, 0.4) is 0 Å². The minimum absolute atomic E-state index is 0.625. The van der Waals surface area contributed by atoms with Crippen LogP contribution in [-0.4, -0.2) is 5.21 Å². The van der Waals surface area contributed by atoms with E-state index >= 15 is 0 Å². The molecule has 4 heavy (non-hydrogen) atoms. The van der Waals surface area contributed by atoms with Crippen LogP contribution in [0.5, 0.6) is 0 Å². The average molecular weight is 113 g/mol. The van der Waals surface area contributed by atoms with Gasteiger partial charge in [-0.2, -0.15) is 0 Å². The monoisotopic (exact) mass is 112 g/mol. The number of nitrogens with two attached hydrogens (primary N) is 1. The maximum atomic E-state index is 6.50. The Bertz CT molecular complexity index is 6.00. The quantitative estimate of drug-likeness (QED) is 0.296. The molecular weight excluding hydrogens is 109 g/mol. The van der Waals surface area contributed by atoms with Crippen molar-refractivity contribution in [3.8, 4) is 0 Å². The van der Waals surface area contributed by atoms with Crippen molar-refractivity contribution in [2.75, 3.05) is 0 Å². The van der Waals surface area contributed by atoms with E-state index in [2.05, 4.69) is 5.90 Å². The number of rotatable bonds is 0. The second-order valence-corrected chi connectivity index (χ2v) is 0. The molecule has 22 valence electrons. The first-order valence-corrected chi connectivity index (χ1v) is 2.10. The van der Waals surface area contributed by atoms with Crippen molar-refractivity contribution in [2.45, 2.75) is 0 Å². The van der Waals surface area contributed by atoms with Gasteiger partial charge in [-0.25, -0.2) is 5.90 Å². The minimum atomic E-state index is 0.625. The first-order valence-electron chi connectivity index (χ1n) is 0.612. The molecule has 0 saturated heterocycles. The summed E-state index contributed by atoms with van der Waals surface area (Å²) in [6.07, 6.45) is 0. The maximum absolute atomic E-state index is 6.50. The summed E-state index contributed by atoms with van der Waals surface area (Å²) in [4.78, 5) is 0. The van der Waals surface area contributed by atoms with Gasteiger partial charge >= 0.3 is 22.2 Å². The van der Waals surface area contributed by atoms with Gasteiger partial charge in [0.2, 0.25) is 0 Å². The Morgan fingerprint density at radius 3 is 1.50 bits per heavy atom. The Labute approximate surface area is 34.1 Å². The Balaban J connectivity index is 0. The van der Waals surface area contributed by atoms with Crippen LogP contribution in [0.1, 0.15) is 0 Å². The fourth-order valence-electron chi connectivity index (χ4n) is 0. The van der Waals surface area contributed by atoms with Crippen molar-refractivity contribution in [1.82, 2.24) is 0 Å². The molecule has 4 N–H and O–H groups in total. The molecule has 0 aliphatic heterocycles. The van der Waals surface area contributed by atoms with Gasteiger partial charge in [0.25, 0.3) is 0 Å². The van der Waals surface area contributed by atoms with E-state index in [0.717, 1.165) is 0 Å². The molecule has 0 aliphatic carbocycles. The van der Waals surface area contributed by atoms with E-state index < -0.39 is 0 Å². The second kappa shape index (κ2) is 156. The van der Waals surface area contributed by atoms with Gasteiger partial charge in [0.15, 0.2) is 0 Å². The normalized spacial score (nSPS) is 3.00. The van der Waals surface area contributed by atoms with Gasteiger partial charge in [0, 0.05) is 0 Å². The van der Waals surface area contributed by atoms with Gasteiger partial charge in [-0.3, -0.25) is 0 Å². The summed E-state index contributed by atoms with van der Waals surface area (Å²) in [6.45, 7) is 0. The summed E-state index contributed by atoms with van der Waals surface area (Å²) in [7, 11) is 0. The SMILES string of the molecule is NO.[NH]=[Zn]. The zero-order valence-corrected chi connectivity index (χ0v) is 5.20. The molecule has 0 fully saturated rings. The molecular formula is H4N2OZn. The van der Waals surface area contributed by atoms with E-state index in [4.69, 9.17) is 9.31 Å². The van der Waals surface area contributed by atoms with Gasteiger partial charge in [-0.1, -0.05) is 0 Å². The summed E-state index contributed by atoms with van der Waals surface area (Å²) in [6, 6.07) is 0. The molecule has 0 aromatic carbocycles. The molecule has 0 spiro atoms. The van der Waals surface area contributed by atoms with Crippen LogP contribution in [0.15, 0.2) is 0 Å². The predicted octanol–water partition coefficient (Wildman–Crippen LogP) is -0.370. The molecule has 4 heteroatoms. The van der Waals surface area contributed by atoms with Crippen LogP contribution >= 0.6 is 0 Å². The number of hydrogen-bond acceptors (Lipinski definition) is 3. The number of nitrogens with one attached hydrogen (secondary N) is 1. The van der Waals surface area contributed by atoms with Crippen molar-refractivity contribution in [2.24, 2.45) is 5.90 Å². The summed E-state index contributed by atoms with van der Waals surface area (Å²) in [5.74, 6) is 3.50. The van der Waals surface area contributed by atoms with Gasteiger partial charge < -0.3 is 5.21 Å². The standard InChI is InChI=1S/H3NO.HN.Zn/c1-2;;/h2H,1H2;1H;. The Kier molecular flexibility index (Phi) is 344. The molecule has 0 heterocycles. The Morgan fingerprint density at radius 1 is 1.50 bits per heavy atom. The van der Waals surface area contributed by atoms with E-state index in [0.29, 0.717) is 18.1 Å². The molecule has 0 rings (SSSR count). The summed E-state index contributed by atoms with van der Waals surface area (Å²) < 4.78 is 5.88. The summed E-state index contributed by atoms with van der Waals surface area (Å²) in [5, 5.41) is 6.50. The van der Waals surface area contributed by atoms with Crippen molar-refractivity contribution in [3.05, 3.63) is 0 Å². The summed E-state index contributed by atoms with van der Waals surface area (Å²) in [5.41, 5.74) is 0. The zero-order valence-electron chi connectivity index (χ0n) is 2.23. The molecule has 0 aromatic rings. The van der Waals surface area contributed by atoms with Gasteiger partial charge in [-0.05, 0) is 0 Å². The fraction of sp³-hybridized carbons (Fsp3) is 0. The number of hydrogen-bond donors (Lipinski definition) is 3. The fourth-order valence-corrected chi connectivity index (χ4v) is 0. The third-order valence-electron chi connectivity index (χ3n) is 0. The molecule has 0 aliphatic rings. The van der Waals surface area contributed by atoms with Crippen molar-refractivity contribution >= 4 is 0 Å². The van der Waals surface area contributed by atoms with Gasteiger partial charge in [0.1, 0.15) is 0 Å². The summed E-state index contributed by atoms with van der Waals surface area (Å²) >= 11 is 0.625. The molecule has 0 saturated carbocycles. The predicted molar refractivity (Wildman–Crippen MR) is 8.69 cm³/mol. The molecule has 0 aromatic heterocycles. The van der Waals surface area contributed by atoms with Gasteiger partial charge in [-0.15, -0.1) is 0 Å². The zero-order chi connectivity index (χ0) is 4.00. The molecule has 3 nitrogen and oxygen atoms in total. The first kappa shape index (κ1) is 8.84. The van der Waals surface area contributed by atoms with Crippen LogP contribution < -0.4 is 5.90 Å². The van der Waals surface area contributed by atoms with Crippen LogP contribution in [0.2, 0.25) is 0 Å². The van der Waals surface area contributed by atoms with E-state index in [1.807, 2.05) is 0 Å².